The maximum Gasteiger partial charge on any atom is 0.266 e. The number of nitrogens with zero attached hydrogens (tertiary/aromatic N) is 3. The molecule has 3 fully saturated rings. The Bertz CT molecular complexity index is 666. The highest BCUT2D eigenvalue weighted by Gasteiger charge is 2.53. The van der Waals surface area contributed by atoms with Gasteiger partial charge in [0.2, 0.25) is 11.8 Å². The maximum absolute atomic E-state index is 11.6. The third kappa shape index (κ3) is 2.99. The van der Waals surface area contributed by atoms with Crippen molar-refractivity contribution >= 4 is 11.9 Å². The summed E-state index contributed by atoms with van der Waals surface area (Å²) in [6, 6.07) is 0. The fourth-order valence-corrected chi connectivity index (χ4v) is 4.47. The predicted molar refractivity (Wildman–Crippen MR) is 93.9 cm³/mol. The van der Waals surface area contributed by atoms with Gasteiger partial charge in [-0.3, -0.25) is 4.79 Å². The lowest BCUT2D eigenvalue weighted by Gasteiger charge is -2.53. The van der Waals surface area contributed by atoms with Crippen molar-refractivity contribution in [1.29, 1.82) is 0 Å². The van der Waals surface area contributed by atoms with E-state index in [9.17, 15) is 9.90 Å². The lowest BCUT2D eigenvalue weighted by molar-refractivity contribution is -0.198. The van der Waals surface area contributed by atoms with Gasteiger partial charge < -0.3 is 24.6 Å². The number of carbonyl (C=O) groups is 1. The van der Waals surface area contributed by atoms with Gasteiger partial charge in [0.05, 0.1) is 11.1 Å². The van der Waals surface area contributed by atoms with E-state index in [0.717, 1.165) is 18.7 Å². The zero-order valence-electron chi connectivity index (χ0n) is 15.5. The summed E-state index contributed by atoms with van der Waals surface area (Å²) in [5.74, 6) is 1.68. The van der Waals surface area contributed by atoms with Gasteiger partial charge in [0.25, 0.3) is 5.95 Å². The van der Waals surface area contributed by atoms with E-state index in [4.69, 9.17) is 9.26 Å². The molecular formula is C18H28N4O4. The minimum atomic E-state index is -0.745. The molecule has 0 bridgehead atoms. The van der Waals surface area contributed by atoms with Crippen LogP contribution in [0.3, 0.4) is 0 Å². The zero-order chi connectivity index (χ0) is 18.4. The molecule has 1 amide bonds. The van der Waals surface area contributed by atoms with Gasteiger partial charge in [-0.1, -0.05) is 6.42 Å². The minimum Gasteiger partial charge on any atom is -0.388 e. The molecule has 8 heteroatoms. The summed E-state index contributed by atoms with van der Waals surface area (Å²) in [6.07, 6.45) is 4.68. The Morgan fingerprint density at radius 2 is 2.04 bits per heavy atom. The molecule has 2 saturated heterocycles. The Labute approximate surface area is 153 Å². The summed E-state index contributed by atoms with van der Waals surface area (Å²) in [5, 5.41) is 18.1. The fourth-order valence-electron chi connectivity index (χ4n) is 4.47. The third-order valence-corrected chi connectivity index (χ3v) is 6.35. The van der Waals surface area contributed by atoms with E-state index in [0.29, 0.717) is 50.8 Å². The number of amides is 1. The molecule has 1 aliphatic carbocycles. The normalized spacial score (nSPS) is 31.7. The van der Waals surface area contributed by atoms with E-state index in [1.807, 2.05) is 6.92 Å². The number of carbonyl (C=O) groups excluding carboxylic acids is 1. The van der Waals surface area contributed by atoms with Gasteiger partial charge in [-0.15, -0.1) is 0 Å². The molecule has 4 rings (SSSR count). The van der Waals surface area contributed by atoms with Crippen LogP contribution in [0.15, 0.2) is 4.52 Å². The van der Waals surface area contributed by atoms with Crippen LogP contribution in [0.5, 0.6) is 0 Å². The number of ether oxygens (including phenoxy) is 1. The molecular weight excluding hydrogens is 336 g/mol. The first-order valence-electron chi connectivity index (χ1n) is 9.61. The average Bonchev–Trinajstić information content (AvgIpc) is 3.00. The summed E-state index contributed by atoms with van der Waals surface area (Å²) >= 11 is 0. The number of nitrogens with one attached hydrogen (secondary N) is 1. The Morgan fingerprint density at radius 1 is 1.31 bits per heavy atom. The fraction of sp³-hybridized carbons (Fsp3) is 0.833. The monoisotopic (exact) mass is 364 g/mol. The Hall–Kier alpha value is -1.67. The van der Waals surface area contributed by atoms with Crippen LogP contribution >= 0.6 is 0 Å². The molecule has 2 atom stereocenters. The molecule has 144 valence electrons. The van der Waals surface area contributed by atoms with Crippen molar-refractivity contribution in [3.8, 4) is 0 Å². The molecule has 0 aromatic carbocycles. The van der Waals surface area contributed by atoms with Crippen molar-refractivity contribution in [3.63, 3.8) is 0 Å². The molecule has 26 heavy (non-hydrogen) atoms. The van der Waals surface area contributed by atoms with E-state index in [-0.39, 0.29) is 5.91 Å². The number of anilines is 1. The SMILES string of the molecule is CC(=O)N[C@@]1(C)CCOC2(CCN(c3noc(C4CCC4)n3)CC2)[C@@H]1O. The lowest BCUT2D eigenvalue weighted by Crippen LogP contribution is -2.69. The van der Waals surface area contributed by atoms with Crippen LogP contribution in [0, 0.1) is 0 Å². The van der Waals surface area contributed by atoms with Crippen molar-refractivity contribution in [3.05, 3.63) is 5.89 Å². The second-order valence-electron chi connectivity index (χ2n) is 8.21. The minimum absolute atomic E-state index is 0.128. The van der Waals surface area contributed by atoms with Crippen molar-refractivity contribution < 1.29 is 19.2 Å². The van der Waals surface area contributed by atoms with Crippen LogP contribution < -0.4 is 10.2 Å². The largest absolute Gasteiger partial charge is 0.388 e. The highest BCUT2D eigenvalue weighted by atomic mass is 16.5. The first-order valence-corrected chi connectivity index (χ1v) is 9.61. The Balaban J connectivity index is 1.43. The van der Waals surface area contributed by atoms with Gasteiger partial charge in [0, 0.05) is 32.5 Å². The summed E-state index contributed by atoms with van der Waals surface area (Å²) in [7, 11) is 0. The molecule has 2 aliphatic heterocycles. The summed E-state index contributed by atoms with van der Waals surface area (Å²) < 4.78 is 11.5. The van der Waals surface area contributed by atoms with Crippen LogP contribution in [0.4, 0.5) is 5.95 Å². The standard InChI is InChI=1S/C18H28N4O4/c1-12(23)20-17(2)8-11-25-18(15(17)24)6-9-22(10-7-18)16-19-14(26-21-16)13-4-3-5-13/h13,15,24H,3-11H2,1-2H3,(H,20,23)/t15-,17+/m1/s1. The van der Waals surface area contributed by atoms with E-state index in [1.54, 1.807) is 0 Å². The lowest BCUT2D eigenvalue weighted by atomic mass is 9.73. The molecule has 1 aromatic heterocycles. The maximum atomic E-state index is 11.6. The molecule has 1 saturated carbocycles. The molecule has 8 nitrogen and oxygen atoms in total. The topological polar surface area (TPSA) is 101 Å². The van der Waals surface area contributed by atoms with Gasteiger partial charge in [-0.05, 0) is 44.2 Å². The van der Waals surface area contributed by atoms with Gasteiger partial charge in [0.1, 0.15) is 6.10 Å². The number of hydrogen-bond acceptors (Lipinski definition) is 7. The first kappa shape index (κ1) is 17.7. The molecule has 1 aromatic rings. The predicted octanol–water partition coefficient (Wildman–Crippen LogP) is 1.35. The number of rotatable bonds is 3. The van der Waals surface area contributed by atoms with Crippen LogP contribution in [-0.4, -0.2) is 58.1 Å². The van der Waals surface area contributed by atoms with E-state index in [1.165, 1.54) is 13.3 Å². The number of piperidine rings is 1. The van der Waals surface area contributed by atoms with Gasteiger partial charge in [0.15, 0.2) is 0 Å². The van der Waals surface area contributed by atoms with Crippen LogP contribution in [0.25, 0.3) is 0 Å². The molecule has 1 spiro atoms. The summed E-state index contributed by atoms with van der Waals surface area (Å²) in [4.78, 5) is 18.2. The van der Waals surface area contributed by atoms with E-state index in [2.05, 4.69) is 20.4 Å². The number of hydrogen-bond donors (Lipinski definition) is 2. The average molecular weight is 364 g/mol. The molecule has 0 unspecified atom stereocenters. The number of aliphatic hydroxyl groups is 1. The van der Waals surface area contributed by atoms with Crippen molar-refractivity contribution in [2.24, 2.45) is 0 Å². The number of aromatic nitrogens is 2. The van der Waals surface area contributed by atoms with Crippen molar-refractivity contribution in [2.75, 3.05) is 24.6 Å². The van der Waals surface area contributed by atoms with Crippen molar-refractivity contribution in [2.45, 2.75) is 75.5 Å². The van der Waals surface area contributed by atoms with Crippen LogP contribution in [0.2, 0.25) is 0 Å². The van der Waals surface area contributed by atoms with Crippen LogP contribution in [0.1, 0.15) is 64.2 Å². The highest BCUT2D eigenvalue weighted by Crippen LogP contribution is 2.41. The second kappa shape index (κ2) is 6.49. The molecule has 3 heterocycles. The van der Waals surface area contributed by atoms with Crippen molar-refractivity contribution in [1.82, 2.24) is 15.5 Å². The van der Waals surface area contributed by atoms with E-state index < -0.39 is 17.2 Å². The Kier molecular flexibility index (Phi) is 4.43. The summed E-state index contributed by atoms with van der Waals surface area (Å²) in [6.45, 7) is 5.30. The van der Waals surface area contributed by atoms with Crippen LogP contribution in [-0.2, 0) is 9.53 Å². The summed E-state index contributed by atoms with van der Waals surface area (Å²) in [5.41, 5.74) is -1.29. The van der Waals surface area contributed by atoms with Gasteiger partial charge >= 0.3 is 0 Å². The van der Waals surface area contributed by atoms with E-state index >= 15 is 0 Å². The quantitative estimate of drug-likeness (QED) is 0.835. The number of aliphatic hydroxyl groups excluding tert-OH is 1. The van der Waals surface area contributed by atoms with Gasteiger partial charge in [-0.25, -0.2) is 0 Å². The second-order valence-corrected chi connectivity index (χ2v) is 8.21. The third-order valence-electron chi connectivity index (χ3n) is 6.35. The molecule has 2 N–H and O–H groups in total. The Morgan fingerprint density at radius 3 is 2.65 bits per heavy atom. The zero-order valence-corrected chi connectivity index (χ0v) is 15.5. The molecule has 0 radical (unpaired) electrons. The highest BCUT2D eigenvalue weighted by molar-refractivity contribution is 5.74. The van der Waals surface area contributed by atoms with Gasteiger partial charge in [-0.2, -0.15) is 4.98 Å². The smallest absolute Gasteiger partial charge is 0.266 e. The first-order chi connectivity index (χ1) is 12.4. The molecule has 3 aliphatic rings.